The van der Waals surface area contributed by atoms with Crippen LogP contribution < -0.4 is 31.9 Å². The summed E-state index contributed by atoms with van der Waals surface area (Å²) in [5.74, 6) is -0.610. The van der Waals surface area contributed by atoms with Gasteiger partial charge in [-0.25, -0.2) is 0 Å². The van der Waals surface area contributed by atoms with Crippen LogP contribution in [0.1, 0.15) is 102 Å². The number of fused-ring (bicyclic) bond motifs is 4. The molecule has 0 bridgehead atoms. The van der Waals surface area contributed by atoms with Crippen molar-refractivity contribution in [1.82, 2.24) is 51.5 Å². The zero-order chi connectivity index (χ0) is 53.0. The van der Waals surface area contributed by atoms with Crippen molar-refractivity contribution in [2.24, 2.45) is 22.7 Å². The van der Waals surface area contributed by atoms with E-state index >= 15 is 0 Å². The molecule has 6 amide bonds. The van der Waals surface area contributed by atoms with Crippen LogP contribution in [0.5, 0.6) is 0 Å². The molecule has 2 aromatic rings. The van der Waals surface area contributed by atoms with Gasteiger partial charge in [-0.1, -0.05) is 95.0 Å². The minimum Gasteiger partial charge on any atom is -0.376 e. The Balaban J connectivity index is 0.880. The third-order valence-corrected chi connectivity index (χ3v) is 20.1. The third kappa shape index (κ3) is 10.3. The maximum absolute atomic E-state index is 14.9. The molecule has 16 nitrogen and oxygen atoms in total. The molecule has 0 aromatic heterocycles. The van der Waals surface area contributed by atoms with Crippen LogP contribution in [0.3, 0.4) is 0 Å². The van der Waals surface area contributed by atoms with Crippen molar-refractivity contribution < 1.29 is 28.8 Å². The number of rotatable bonds is 13. The summed E-state index contributed by atoms with van der Waals surface area (Å²) < 4.78 is 0. The van der Waals surface area contributed by atoms with E-state index in [2.05, 4.69) is 52.3 Å². The average molecular weight is 1070 g/mol. The largest absolute Gasteiger partial charge is 0.376 e. The Kier molecular flexibility index (Phi) is 15.9. The van der Waals surface area contributed by atoms with Crippen molar-refractivity contribution in [1.29, 1.82) is 0 Å². The lowest BCUT2D eigenvalue weighted by Crippen LogP contribution is -2.58. The number of likely N-dealkylation sites (N-methyl/N-ethyl adjacent to an activating group) is 2. The van der Waals surface area contributed by atoms with Crippen LogP contribution in [0.4, 0.5) is 0 Å². The molecular weight excluding hydrogens is 993 g/mol. The van der Waals surface area contributed by atoms with E-state index in [1.807, 2.05) is 100 Å². The normalized spacial score (nSPS) is 30.7. The Morgan fingerprint density at radius 2 is 1.04 bits per heavy atom. The van der Waals surface area contributed by atoms with Gasteiger partial charge in [-0.2, -0.15) is 0 Å². The first-order chi connectivity index (χ1) is 35.2. The Hall–Kier alpha value is -4.69. The first-order valence-corrected chi connectivity index (χ1v) is 29.1. The van der Waals surface area contributed by atoms with Gasteiger partial charge in [-0.3, -0.25) is 28.8 Å². The minimum atomic E-state index is -0.760. The van der Waals surface area contributed by atoms with Gasteiger partial charge < -0.3 is 51.5 Å². The summed E-state index contributed by atoms with van der Waals surface area (Å²) >= 11 is 9.07. The molecule has 5 heterocycles. The predicted molar refractivity (Wildman–Crippen MR) is 295 cm³/mol. The number of benzene rings is 2. The molecule has 5 saturated heterocycles. The zero-order valence-corrected chi connectivity index (χ0v) is 46.7. The van der Waals surface area contributed by atoms with Gasteiger partial charge in [0.05, 0.1) is 45.7 Å². The molecule has 0 unspecified atom stereocenters. The van der Waals surface area contributed by atoms with E-state index in [1.165, 1.54) is 0 Å². The van der Waals surface area contributed by atoms with Crippen molar-refractivity contribution >= 4 is 76.2 Å². The predicted octanol–water partition coefficient (Wildman–Crippen LogP) is 3.87. The maximum Gasteiger partial charge on any atom is 0.246 e. The molecule has 0 spiro atoms. The molecule has 12 atom stereocenters. The van der Waals surface area contributed by atoms with Crippen LogP contribution in [0.15, 0.2) is 60.8 Å². The summed E-state index contributed by atoms with van der Waals surface area (Å²) in [7, 11) is 3.67. The third-order valence-electron chi connectivity index (χ3n) is 17.1. The summed E-state index contributed by atoms with van der Waals surface area (Å²) in [6.45, 7) is 17.6. The smallest absolute Gasteiger partial charge is 0.246 e. The number of amides is 6. The average Bonchev–Trinajstić information content (AvgIpc) is 4.04. The molecule has 0 radical (unpaired) electrons. The second kappa shape index (κ2) is 21.7. The molecule has 9 rings (SSSR count). The summed E-state index contributed by atoms with van der Waals surface area (Å²) in [5, 5.41) is 19.4. The number of piperazine rings is 1. The van der Waals surface area contributed by atoms with Gasteiger partial charge in [0.25, 0.3) is 0 Å². The Labute approximate surface area is 450 Å². The lowest BCUT2D eigenvalue weighted by atomic mass is 9.83. The number of hydrogen-bond acceptors (Lipinski definition) is 12. The van der Waals surface area contributed by atoms with E-state index in [4.69, 9.17) is 12.2 Å². The van der Waals surface area contributed by atoms with Crippen molar-refractivity contribution in [2.45, 2.75) is 139 Å². The monoisotopic (exact) mass is 1070 g/mol. The van der Waals surface area contributed by atoms with Gasteiger partial charge in [0.1, 0.15) is 24.2 Å². The highest BCUT2D eigenvalue weighted by atomic mass is 32.2. The molecule has 2 aromatic carbocycles. The summed E-state index contributed by atoms with van der Waals surface area (Å²) in [4.78, 5) is 96.1. The number of nitrogens with zero attached hydrogens (tertiary/aromatic N) is 4. The van der Waals surface area contributed by atoms with Crippen molar-refractivity contribution in [2.75, 3.05) is 51.8 Å². The van der Waals surface area contributed by atoms with Crippen LogP contribution >= 0.6 is 35.7 Å². The van der Waals surface area contributed by atoms with Gasteiger partial charge in [0.2, 0.25) is 35.4 Å². The Bertz CT molecular complexity index is 2380. The number of nitrogens with one attached hydrogen (secondary N) is 6. The standard InChI is InChI=1S/C55H76N10O6S3/c1-30(56-8)31(2)58-39-18-24-73-41-28-54(4,5)45(64(41)52(39)70)47(66)60-43-35-16-12-10-14-33(35)26-37(43)50(68)62-20-22-63(23-21-62)51(69)38-27-34-15-11-13-17-36(34)44(38)61-48(67)46-55(6,7)29-42-65(46)53(71)40(19-25-74-42)59-49(72)32(3)57-9/h10-17,30,32,37-46,56-58H,2,18-29H2,1,3-9H3,(H,59,72)(H,60,66)(H,61,67)/t30-,32-,37+,38+,39-,40-,41-,42-,43-,44-,45+,46+/m0/s1. The summed E-state index contributed by atoms with van der Waals surface area (Å²) in [6, 6.07) is 11.8. The summed E-state index contributed by atoms with van der Waals surface area (Å²) in [5.41, 5.74) is 3.45. The number of hydrogen-bond donors (Lipinski definition) is 6. The maximum atomic E-state index is 14.9. The fourth-order valence-corrected chi connectivity index (χ4v) is 16.2. The molecule has 400 valence electrons. The number of carbonyl (C=O) groups excluding carboxylic acids is 6. The highest BCUT2D eigenvalue weighted by Crippen LogP contribution is 2.49. The minimum absolute atomic E-state index is 0.0477. The second-order valence-electron chi connectivity index (χ2n) is 22.9. The molecule has 6 N–H and O–H groups in total. The number of thioether (sulfide) groups is 2. The van der Waals surface area contributed by atoms with Gasteiger partial charge in [-0.15, -0.1) is 23.5 Å². The van der Waals surface area contributed by atoms with Gasteiger partial charge in [-0.05, 0) is 111 Å². The lowest BCUT2D eigenvalue weighted by molar-refractivity contribution is -0.146. The molecule has 5 aliphatic heterocycles. The first-order valence-electron chi connectivity index (χ1n) is 26.6. The van der Waals surface area contributed by atoms with E-state index in [0.717, 1.165) is 39.5 Å². The molecule has 0 saturated carbocycles. The van der Waals surface area contributed by atoms with E-state index in [0.29, 0.717) is 69.7 Å². The Morgan fingerprint density at radius 3 is 1.46 bits per heavy atom. The van der Waals surface area contributed by atoms with Crippen LogP contribution in [0.25, 0.3) is 0 Å². The molecular formula is C55H76N10O6S3. The van der Waals surface area contributed by atoms with Gasteiger partial charge in [0, 0.05) is 37.9 Å². The van der Waals surface area contributed by atoms with Gasteiger partial charge in [0.15, 0.2) is 0 Å². The van der Waals surface area contributed by atoms with Crippen LogP contribution in [0, 0.1) is 22.7 Å². The van der Waals surface area contributed by atoms with Crippen molar-refractivity contribution in [3.63, 3.8) is 0 Å². The number of carbonyl (C=O) groups is 6. The van der Waals surface area contributed by atoms with Crippen LogP contribution in [-0.2, 0) is 41.6 Å². The quantitative estimate of drug-likeness (QED) is 0.159. The van der Waals surface area contributed by atoms with E-state index in [9.17, 15) is 28.8 Å². The van der Waals surface area contributed by atoms with E-state index < -0.39 is 58.9 Å². The number of thiocarbonyl (C=S) groups is 1. The van der Waals surface area contributed by atoms with Crippen molar-refractivity contribution in [3.8, 4) is 0 Å². The molecule has 2 aliphatic carbocycles. The zero-order valence-electron chi connectivity index (χ0n) is 44.2. The molecule has 5 fully saturated rings. The highest BCUT2D eigenvalue weighted by molar-refractivity contribution is 8.00. The van der Waals surface area contributed by atoms with Gasteiger partial charge >= 0.3 is 0 Å². The van der Waals surface area contributed by atoms with E-state index in [1.54, 1.807) is 33.3 Å². The first kappa shape index (κ1) is 54.1. The SMILES string of the molecule is C=C(N[C@H]1CCS[C@H]2CC(C)(C)[C@@H](C(=O)N[C@H]3c4ccccc4C[C@H]3C(=O)N3CCN(C(=O)[C@@H]4Cc5ccccc5[C@@H]4NC(=O)[C@H]4N5C(=O)[C@@H](NC(=S)[C@H](C)NC)CCS[C@H]5CC4(C)C)CC3)N2C1=O)[C@H](C)NC. The summed E-state index contributed by atoms with van der Waals surface area (Å²) in [6.07, 6.45) is 3.43. The van der Waals surface area contributed by atoms with E-state index in [-0.39, 0.29) is 58.3 Å². The topological polar surface area (TPSA) is 188 Å². The van der Waals surface area contributed by atoms with Crippen molar-refractivity contribution in [3.05, 3.63) is 83.1 Å². The molecule has 7 aliphatic rings. The fourth-order valence-electron chi connectivity index (χ4n) is 12.7. The Morgan fingerprint density at radius 1 is 0.635 bits per heavy atom. The lowest BCUT2D eigenvalue weighted by Gasteiger charge is -2.39. The second-order valence-corrected chi connectivity index (χ2v) is 25.9. The molecule has 19 heteroatoms. The highest BCUT2D eigenvalue weighted by Gasteiger charge is 2.57. The van der Waals surface area contributed by atoms with Crippen LogP contribution in [0.2, 0.25) is 0 Å². The molecule has 74 heavy (non-hydrogen) atoms. The van der Waals surface area contributed by atoms with Crippen LogP contribution in [-0.4, -0.2) is 159 Å². The fraction of sp³-hybridized carbons (Fsp3) is 0.618.